The number of hydrogen-bond donors (Lipinski definition) is 0. The van der Waals surface area contributed by atoms with Gasteiger partial charge < -0.3 is 4.90 Å². The van der Waals surface area contributed by atoms with Gasteiger partial charge in [0.05, 0.1) is 0 Å². The summed E-state index contributed by atoms with van der Waals surface area (Å²) in [4.78, 5) is 2.14. The van der Waals surface area contributed by atoms with Gasteiger partial charge in [0.1, 0.15) is 0 Å². The van der Waals surface area contributed by atoms with Crippen molar-refractivity contribution >= 4 is 5.57 Å². The normalized spacial score (nSPS) is 16.8. The Morgan fingerprint density at radius 3 is 2.10 bits per heavy atom. The summed E-state index contributed by atoms with van der Waals surface area (Å²) in [6.07, 6.45) is 10.0. The fraction of sp³-hybridized carbons (Fsp3) is 0.500. The zero-order valence-corrected chi connectivity index (χ0v) is 21.0. The molecule has 1 unspecified atom stereocenters. The highest BCUT2D eigenvalue weighted by molar-refractivity contribution is 5.65. The third-order valence-electron chi connectivity index (χ3n) is 4.57. The monoisotopic (exact) mass is 397 g/mol. The molecule has 1 aromatic carbocycles. The molecular weight excluding hydrogens is 350 g/mol. The van der Waals surface area contributed by atoms with Crippen molar-refractivity contribution in [3.05, 3.63) is 77.7 Å². The number of benzene rings is 1. The molecule has 1 nitrogen and oxygen atoms in total. The van der Waals surface area contributed by atoms with Gasteiger partial charge >= 0.3 is 0 Å². The van der Waals surface area contributed by atoms with Crippen molar-refractivity contribution in [2.45, 2.75) is 81.6 Å². The first-order valence-electron chi connectivity index (χ1n) is 11.3. The van der Waals surface area contributed by atoms with Crippen LogP contribution in [0.3, 0.4) is 0 Å². The van der Waals surface area contributed by atoms with Gasteiger partial charge in [0, 0.05) is 18.9 Å². The lowest BCUT2D eigenvalue weighted by Gasteiger charge is -2.15. The Balaban J connectivity index is 0. The van der Waals surface area contributed by atoms with Crippen molar-refractivity contribution in [3.8, 4) is 0 Å². The maximum Gasteiger partial charge on any atom is 0.0109 e. The summed E-state index contributed by atoms with van der Waals surface area (Å²) in [5.74, 6) is 0.753. The quantitative estimate of drug-likeness (QED) is 0.459. The van der Waals surface area contributed by atoms with E-state index in [0.29, 0.717) is 0 Å². The fourth-order valence-electron chi connectivity index (χ4n) is 2.82. The van der Waals surface area contributed by atoms with E-state index in [2.05, 4.69) is 95.8 Å². The highest BCUT2D eigenvalue weighted by Gasteiger charge is 2.11. The molecule has 0 fully saturated rings. The van der Waals surface area contributed by atoms with Gasteiger partial charge in [-0.1, -0.05) is 102 Å². The molecule has 0 saturated carbocycles. The third-order valence-corrected chi connectivity index (χ3v) is 4.57. The van der Waals surface area contributed by atoms with Gasteiger partial charge in [0.15, 0.2) is 0 Å². The Bertz CT molecular complexity index is 632. The summed E-state index contributed by atoms with van der Waals surface area (Å²) in [6, 6.07) is 10.5. The average Bonchev–Trinajstić information content (AvgIpc) is 2.85. The van der Waals surface area contributed by atoms with Gasteiger partial charge in [0.25, 0.3) is 0 Å². The molecule has 0 N–H and O–H groups in total. The molecule has 0 saturated heterocycles. The zero-order valence-electron chi connectivity index (χ0n) is 21.0. The molecule has 0 aromatic heterocycles. The van der Waals surface area contributed by atoms with Crippen LogP contribution in [-0.2, 0) is 0 Å². The van der Waals surface area contributed by atoms with Crippen LogP contribution in [0.5, 0.6) is 0 Å². The van der Waals surface area contributed by atoms with E-state index < -0.39 is 0 Å². The summed E-state index contributed by atoms with van der Waals surface area (Å²) in [7, 11) is 2.07. The van der Waals surface area contributed by atoms with Crippen LogP contribution in [0.25, 0.3) is 5.57 Å². The minimum atomic E-state index is 0.753. The minimum absolute atomic E-state index is 0.753. The van der Waals surface area contributed by atoms with Crippen molar-refractivity contribution in [1.29, 1.82) is 0 Å². The van der Waals surface area contributed by atoms with Gasteiger partial charge in [-0.05, 0) is 57.1 Å². The lowest BCUT2D eigenvalue weighted by Crippen LogP contribution is -2.08. The standard InChI is InChI=1S/C14H18.C10H17N.2C2H6/c1-4-12(2)10-11-13(3)14-8-6-5-7-9-14;1-8-5-9(2)7-11(4)10(3)6-8;2*1-2/h5-11H,4H2,1-3H3;7-8H,3,5-6H2,1-2,4H3;2*1-2H3/b12-10+,13-11+;;;. The summed E-state index contributed by atoms with van der Waals surface area (Å²) in [6.45, 7) is 23.0. The molecule has 1 aromatic rings. The number of hydrogen-bond acceptors (Lipinski definition) is 1. The molecule has 1 aliphatic rings. The zero-order chi connectivity index (χ0) is 22.8. The number of allylic oxidation sites excluding steroid dienone is 6. The first-order valence-corrected chi connectivity index (χ1v) is 11.3. The summed E-state index contributed by atoms with van der Waals surface area (Å²) in [5.41, 5.74) is 6.72. The van der Waals surface area contributed by atoms with Gasteiger partial charge in [-0.2, -0.15) is 0 Å². The van der Waals surface area contributed by atoms with E-state index in [9.17, 15) is 0 Å². The summed E-state index contributed by atoms with van der Waals surface area (Å²) >= 11 is 0. The number of nitrogens with zero attached hydrogens (tertiary/aromatic N) is 1. The van der Waals surface area contributed by atoms with Crippen LogP contribution in [-0.4, -0.2) is 11.9 Å². The lowest BCUT2D eigenvalue weighted by molar-refractivity contribution is 0.499. The van der Waals surface area contributed by atoms with E-state index in [1.54, 1.807) is 0 Å². The van der Waals surface area contributed by atoms with Crippen LogP contribution >= 0.6 is 0 Å². The van der Waals surface area contributed by atoms with Crippen molar-refractivity contribution in [2.24, 2.45) is 5.92 Å². The molecule has 0 spiro atoms. The molecule has 29 heavy (non-hydrogen) atoms. The van der Waals surface area contributed by atoms with E-state index in [1.165, 1.54) is 34.4 Å². The average molecular weight is 398 g/mol. The molecule has 1 heteroatoms. The molecule has 0 radical (unpaired) electrons. The van der Waals surface area contributed by atoms with Gasteiger partial charge in [-0.15, -0.1) is 0 Å². The van der Waals surface area contributed by atoms with E-state index in [4.69, 9.17) is 0 Å². The first-order chi connectivity index (χ1) is 13.8. The fourth-order valence-corrected chi connectivity index (χ4v) is 2.82. The highest BCUT2D eigenvalue weighted by Crippen LogP contribution is 2.24. The third kappa shape index (κ3) is 13.7. The van der Waals surface area contributed by atoms with Crippen molar-refractivity contribution < 1.29 is 0 Å². The van der Waals surface area contributed by atoms with E-state index in [-0.39, 0.29) is 0 Å². The lowest BCUT2D eigenvalue weighted by atomic mass is 10.00. The van der Waals surface area contributed by atoms with Crippen molar-refractivity contribution in [1.82, 2.24) is 4.90 Å². The highest BCUT2D eigenvalue weighted by atomic mass is 15.1. The molecule has 1 heterocycles. The SMILES string of the molecule is C=C1CC(C)CC(C)=CN1C.CC.CC.CC/C(C)=C/C=C(\C)c1ccccc1. The molecule has 0 bridgehead atoms. The van der Waals surface area contributed by atoms with Crippen LogP contribution in [0.1, 0.15) is 87.1 Å². The predicted molar refractivity (Wildman–Crippen MR) is 136 cm³/mol. The van der Waals surface area contributed by atoms with Crippen molar-refractivity contribution in [3.63, 3.8) is 0 Å². The topological polar surface area (TPSA) is 3.24 Å². The Hall–Kier alpha value is -2.02. The van der Waals surface area contributed by atoms with E-state index in [0.717, 1.165) is 18.8 Å². The maximum atomic E-state index is 4.02. The van der Waals surface area contributed by atoms with E-state index in [1.807, 2.05) is 33.8 Å². The van der Waals surface area contributed by atoms with Crippen LogP contribution < -0.4 is 0 Å². The predicted octanol–water partition coefficient (Wildman–Crippen LogP) is 9.26. The summed E-state index contributed by atoms with van der Waals surface area (Å²) < 4.78 is 0. The minimum Gasteiger partial charge on any atom is -0.355 e. The van der Waals surface area contributed by atoms with Crippen LogP contribution in [0, 0.1) is 5.92 Å². The van der Waals surface area contributed by atoms with Gasteiger partial charge in [-0.3, -0.25) is 0 Å². The Kier molecular flexibility index (Phi) is 18.2. The van der Waals surface area contributed by atoms with Crippen molar-refractivity contribution in [2.75, 3.05) is 7.05 Å². The van der Waals surface area contributed by atoms with E-state index >= 15 is 0 Å². The second-order valence-electron chi connectivity index (χ2n) is 7.25. The Morgan fingerprint density at radius 2 is 1.59 bits per heavy atom. The molecule has 1 atom stereocenters. The second kappa shape index (κ2) is 18.0. The first kappa shape index (κ1) is 29.2. The molecule has 164 valence electrons. The molecule has 0 aliphatic carbocycles. The van der Waals surface area contributed by atoms with Gasteiger partial charge in [0.2, 0.25) is 0 Å². The molecular formula is C28H47N. The summed E-state index contributed by atoms with van der Waals surface area (Å²) in [5, 5.41) is 0. The molecule has 2 rings (SSSR count). The maximum absolute atomic E-state index is 4.02. The smallest absolute Gasteiger partial charge is 0.0109 e. The van der Waals surface area contributed by atoms with Crippen LogP contribution in [0.15, 0.2) is 72.1 Å². The number of rotatable bonds is 3. The second-order valence-corrected chi connectivity index (χ2v) is 7.25. The Morgan fingerprint density at radius 1 is 1.03 bits per heavy atom. The largest absolute Gasteiger partial charge is 0.355 e. The van der Waals surface area contributed by atoms with Crippen LogP contribution in [0.2, 0.25) is 0 Å². The Labute approximate surface area is 182 Å². The molecule has 1 aliphatic heterocycles. The van der Waals surface area contributed by atoms with Gasteiger partial charge in [-0.25, -0.2) is 0 Å². The van der Waals surface area contributed by atoms with Crippen LogP contribution in [0.4, 0.5) is 0 Å². The molecule has 0 amide bonds.